The molecule has 2 aromatic rings. The van der Waals surface area contributed by atoms with Gasteiger partial charge in [0, 0.05) is 13.1 Å². The maximum absolute atomic E-state index is 12.8. The van der Waals surface area contributed by atoms with Crippen molar-refractivity contribution in [2.24, 2.45) is 0 Å². The average molecular weight is 366 g/mol. The molecular formula is C19H18N4O4. The highest BCUT2D eigenvalue weighted by Crippen LogP contribution is 2.33. The molecule has 0 unspecified atom stereocenters. The van der Waals surface area contributed by atoms with Gasteiger partial charge in [0.1, 0.15) is 18.2 Å². The van der Waals surface area contributed by atoms with Gasteiger partial charge >= 0.3 is 0 Å². The van der Waals surface area contributed by atoms with Crippen LogP contribution in [0.4, 0.5) is 5.69 Å². The molecule has 3 rings (SSSR count). The molecule has 27 heavy (non-hydrogen) atoms. The Morgan fingerprint density at radius 3 is 2.89 bits per heavy atom. The van der Waals surface area contributed by atoms with Crippen molar-refractivity contribution in [2.45, 2.75) is 31.8 Å². The van der Waals surface area contributed by atoms with Crippen molar-refractivity contribution >= 4 is 11.6 Å². The number of pyridine rings is 1. The quantitative estimate of drug-likeness (QED) is 0.608. The van der Waals surface area contributed by atoms with E-state index in [9.17, 15) is 19.7 Å². The number of likely N-dealkylation sites (N-methyl/N-ethyl adjacent to an activating group) is 1. The fraction of sp³-hybridized carbons (Fsp3) is 0.316. The number of nitro groups is 1. The summed E-state index contributed by atoms with van der Waals surface area (Å²) in [6, 6.07) is 10.4. The van der Waals surface area contributed by atoms with Gasteiger partial charge in [-0.25, -0.2) is 0 Å². The molecule has 1 aliphatic rings. The van der Waals surface area contributed by atoms with Gasteiger partial charge in [0.25, 0.3) is 11.2 Å². The third-order valence-corrected chi connectivity index (χ3v) is 4.91. The lowest BCUT2D eigenvalue weighted by Crippen LogP contribution is -2.38. The summed E-state index contributed by atoms with van der Waals surface area (Å²) in [5.41, 5.74) is 0.817. The molecule has 0 spiro atoms. The second kappa shape index (κ2) is 7.41. The SMILES string of the molecule is CN(C(=O)Cn1cc([N+](=O)[O-])cc(C#N)c1=O)[C@H]1CCCc2ccccc21. The Kier molecular flexibility index (Phi) is 5.03. The molecule has 0 bridgehead atoms. The molecule has 0 saturated carbocycles. The summed E-state index contributed by atoms with van der Waals surface area (Å²) in [6.07, 6.45) is 3.73. The summed E-state index contributed by atoms with van der Waals surface area (Å²) in [5.74, 6) is -0.344. The molecule has 1 heterocycles. The predicted octanol–water partition coefficient (Wildman–Crippen LogP) is 2.16. The van der Waals surface area contributed by atoms with Crippen LogP contribution >= 0.6 is 0 Å². The normalized spacial score (nSPS) is 15.5. The lowest BCUT2D eigenvalue weighted by atomic mass is 9.87. The van der Waals surface area contributed by atoms with Crippen LogP contribution in [-0.4, -0.2) is 27.3 Å². The van der Waals surface area contributed by atoms with Crippen LogP contribution in [-0.2, 0) is 17.8 Å². The molecule has 8 heteroatoms. The minimum absolute atomic E-state index is 0.104. The molecule has 0 radical (unpaired) electrons. The van der Waals surface area contributed by atoms with E-state index in [-0.39, 0.29) is 24.1 Å². The zero-order valence-corrected chi connectivity index (χ0v) is 14.8. The number of nitriles is 1. The number of benzene rings is 1. The largest absolute Gasteiger partial charge is 0.337 e. The van der Waals surface area contributed by atoms with Crippen molar-refractivity contribution in [3.05, 3.63) is 73.7 Å². The van der Waals surface area contributed by atoms with E-state index in [1.165, 1.54) is 5.56 Å². The highest BCUT2D eigenvalue weighted by Gasteiger charge is 2.27. The van der Waals surface area contributed by atoms with E-state index in [1.807, 2.05) is 24.3 Å². The zero-order valence-electron chi connectivity index (χ0n) is 14.8. The first-order chi connectivity index (χ1) is 12.9. The molecular weight excluding hydrogens is 348 g/mol. The summed E-state index contributed by atoms with van der Waals surface area (Å²) in [4.78, 5) is 36.9. The lowest BCUT2D eigenvalue weighted by Gasteiger charge is -2.33. The predicted molar refractivity (Wildman–Crippen MR) is 97.0 cm³/mol. The van der Waals surface area contributed by atoms with Gasteiger partial charge in [-0.2, -0.15) is 5.26 Å². The fourth-order valence-electron chi connectivity index (χ4n) is 3.48. The first-order valence-corrected chi connectivity index (χ1v) is 8.55. The Labute approximate surface area is 155 Å². The maximum atomic E-state index is 12.8. The van der Waals surface area contributed by atoms with Gasteiger partial charge in [-0.05, 0) is 30.4 Å². The minimum Gasteiger partial charge on any atom is -0.337 e. The third kappa shape index (κ3) is 3.58. The summed E-state index contributed by atoms with van der Waals surface area (Å²) in [5, 5.41) is 20.0. The van der Waals surface area contributed by atoms with Crippen LogP contribution in [0.2, 0.25) is 0 Å². The maximum Gasteiger partial charge on any atom is 0.287 e. The zero-order chi connectivity index (χ0) is 19.6. The topological polar surface area (TPSA) is 109 Å². The van der Waals surface area contributed by atoms with Gasteiger partial charge < -0.3 is 4.90 Å². The molecule has 0 N–H and O–H groups in total. The Morgan fingerprint density at radius 2 is 2.19 bits per heavy atom. The number of carbonyl (C=O) groups excluding carboxylic acids is 1. The van der Waals surface area contributed by atoms with Crippen LogP contribution in [0, 0.1) is 21.4 Å². The first kappa shape index (κ1) is 18.3. The van der Waals surface area contributed by atoms with E-state index in [0.717, 1.165) is 41.7 Å². The van der Waals surface area contributed by atoms with Crippen molar-refractivity contribution < 1.29 is 9.72 Å². The number of fused-ring (bicyclic) bond motifs is 1. The molecule has 0 saturated heterocycles. The third-order valence-electron chi connectivity index (χ3n) is 4.91. The smallest absolute Gasteiger partial charge is 0.287 e. The summed E-state index contributed by atoms with van der Waals surface area (Å²) in [7, 11) is 1.67. The molecule has 8 nitrogen and oxygen atoms in total. The summed E-state index contributed by atoms with van der Waals surface area (Å²) < 4.78 is 0.935. The van der Waals surface area contributed by atoms with Crippen LogP contribution in [0.25, 0.3) is 0 Å². The van der Waals surface area contributed by atoms with E-state index in [4.69, 9.17) is 5.26 Å². The summed E-state index contributed by atoms with van der Waals surface area (Å²) >= 11 is 0. The number of hydrogen-bond donors (Lipinski definition) is 0. The molecule has 138 valence electrons. The highest BCUT2D eigenvalue weighted by molar-refractivity contribution is 5.76. The Balaban J connectivity index is 1.88. The second-order valence-electron chi connectivity index (χ2n) is 6.53. The summed E-state index contributed by atoms with van der Waals surface area (Å²) in [6.45, 7) is -0.357. The molecule has 1 aliphatic carbocycles. The molecule has 0 fully saturated rings. The van der Waals surface area contributed by atoms with Gasteiger partial charge in [-0.3, -0.25) is 24.3 Å². The molecule has 1 atom stereocenters. The van der Waals surface area contributed by atoms with Gasteiger partial charge in [0.05, 0.1) is 17.2 Å². The van der Waals surface area contributed by atoms with Crippen LogP contribution < -0.4 is 5.56 Å². The molecule has 1 amide bonds. The Bertz CT molecular complexity index is 1010. The first-order valence-electron chi connectivity index (χ1n) is 8.55. The second-order valence-corrected chi connectivity index (χ2v) is 6.53. The Morgan fingerprint density at radius 1 is 1.44 bits per heavy atom. The molecule has 1 aromatic heterocycles. The van der Waals surface area contributed by atoms with Gasteiger partial charge in [-0.1, -0.05) is 24.3 Å². The molecule has 0 aliphatic heterocycles. The van der Waals surface area contributed by atoms with E-state index < -0.39 is 16.2 Å². The number of nitrogens with zero attached hydrogens (tertiary/aromatic N) is 4. The minimum atomic E-state index is -0.714. The van der Waals surface area contributed by atoms with Crippen LogP contribution in [0.15, 0.2) is 41.3 Å². The van der Waals surface area contributed by atoms with Crippen LogP contribution in [0.3, 0.4) is 0 Å². The highest BCUT2D eigenvalue weighted by atomic mass is 16.6. The van der Waals surface area contributed by atoms with E-state index in [2.05, 4.69) is 0 Å². The number of aromatic nitrogens is 1. The number of amides is 1. The van der Waals surface area contributed by atoms with Crippen LogP contribution in [0.5, 0.6) is 0 Å². The number of hydrogen-bond acceptors (Lipinski definition) is 5. The van der Waals surface area contributed by atoms with Crippen LogP contribution in [0.1, 0.15) is 35.6 Å². The van der Waals surface area contributed by atoms with Gasteiger partial charge in [0.2, 0.25) is 5.91 Å². The van der Waals surface area contributed by atoms with E-state index in [1.54, 1.807) is 18.0 Å². The van der Waals surface area contributed by atoms with Crippen molar-refractivity contribution in [1.82, 2.24) is 9.47 Å². The van der Waals surface area contributed by atoms with Gasteiger partial charge in [-0.15, -0.1) is 0 Å². The van der Waals surface area contributed by atoms with Crippen molar-refractivity contribution in [2.75, 3.05) is 7.05 Å². The number of aryl methyl sites for hydroxylation is 1. The monoisotopic (exact) mass is 366 g/mol. The number of carbonyl (C=O) groups is 1. The standard InChI is InChI=1S/C19H18N4O4/c1-21(17-8-4-6-13-5-2-3-7-16(13)17)18(24)12-22-11-15(23(26)27)9-14(10-20)19(22)25/h2-3,5,7,9,11,17H,4,6,8,12H2,1H3/t17-/m0/s1. The van der Waals surface area contributed by atoms with E-state index in [0.29, 0.717) is 0 Å². The van der Waals surface area contributed by atoms with E-state index >= 15 is 0 Å². The van der Waals surface area contributed by atoms with Gasteiger partial charge in [0.15, 0.2) is 0 Å². The van der Waals surface area contributed by atoms with Crippen molar-refractivity contribution in [3.8, 4) is 6.07 Å². The Hall–Kier alpha value is -3.47. The van der Waals surface area contributed by atoms with Crippen molar-refractivity contribution in [1.29, 1.82) is 5.26 Å². The van der Waals surface area contributed by atoms with Crippen molar-refractivity contribution in [3.63, 3.8) is 0 Å². The lowest BCUT2D eigenvalue weighted by molar-refractivity contribution is -0.385. The molecule has 1 aromatic carbocycles. The number of rotatable bonds is 4. The fourth-order valence-corrected chi connectivity index (χ4v) is 3.48. The average Bonchev–Trinajstić information content (AvgIpc) is 2.68.